The first-order valence-corrected chi connectivity index (χ1v) is 6.25. The van der Waals surface area contributed by atoms with Crippen LogP contribution in [0.5, 0.6) is 11.5 Å². The number of hydrogen-bond donors (Lipinski definition) is 4. The highest BCUT2D eigenvalue weighted by molar-refractivity contribution is 5.53. The van der Waals surface area contributed by atoms with E-state index in [1.54, 1.807) is 24.3 Å². The predicted octanol–water partition coefficient (Wildman–Crippen LogP) is 3.65. The van der Waals surface area contributed by atoms with E-state index >= 15 is 0 Å². The van der Waals surface area contributed by atoms with E-state index < -0.39 is 11.6 Å². The fraction of sp³-hybridized carbons (Fsp3) is 0.188. The van der Waals surface area contributed by atoms with Gasteiger partial charge in [-0.3, -0.25) is 0 Å². The molecule has 0 bridgehead atoms. The third-order valence-electron chi connectivity index (χ3n) is 3.15. The molecule has 2 rings (SSSR count). The lowest BCUT2D eigenvalue weighted by atomic mass is 9.77. The molecule has 5 nitrogen and oxygen atoms in total. The second-order valence-corrected chi connectivity index (χ2v) is 4.94. The van der Waals surface area contributed by atoms with E-state index in [-0.39, 0.29) is 11.5 Å². The van der Waals surface area contributed by atoms with Gasteiger partial charge in [-0.15, -0.1) is 0 Å². The van der Waals surface area contributed by atoms with Crippen LogP contribution in [0.1, 0.15) is 25.0 Å². The molecule has 0 aliphatic rings. The average Bonchev–Trinajstić information content (AvgIpc) is 2.38. The number of carboxylic acid groups (broad SMARTS) is 2. The molecule has 112 valence electrons. The lowest BCUT2D eigenvalue weighted by Crippen LogP contribution is -2.19. The van der Waals surface area contributed by atoms with Gasteiger partial charge in [0.15, 0.2) is 0 Å². The van der Waals surface area contributed by atoms with E-state index in [4.69, 9.17) is 15.0 Å². The maximum absolute atomic E-state index is 9.92. The smallest absolute Gasteiger partial charge is 0.503 e. The normalized spacial score (nSPS) is 10.4. The van der Waals surface area contributed by atoms with Crippen LogP contribution in [0.2, 0.25) is 0 Å². The van der Waals surface area contributed by atoms with Crippen molar-refractivity contribution in [3.8, 4) is 11.5 Å². The number of benzene rings is 2. The Morgan fingerprint density at radius 2 is 1.10 bits per heavy atom. The lowest BCUT2D eigenvalue weighted by Gasteiger charge is -2.27. The van der Waals surface area contributed by atoms with E-state index in [1.807, 2.05) is 38.1 Å². The van der Waals surface area contributed by atoms with E-state index in [2.05, 4.69) is 0 Å². The number of rotatable bonds is 2. The van der Waals surface area contributed by atoms with Gasteiger partial charge in [-0.05, 0) is 12.1 Å². The Morgan fingerprint density at radius 1 is 0.810 bits per heavy atom. The Balaban J connectivity index is 0.000000491. The molecular formula is C16H18O5. The van der Waals surface area contributed by atoms with E-state index in [1.165, 1.54) is 0 Å². The number of carbonyl (C=O) groups is 1. The molecule has 0 fully saturated rings. The zero-order valence-electron chi connectivity index (χ0n) is 11.8. The topological polar surface area (TPSA) is 98.0 Å². The molecular weight excluding hydrogens is 272 g/mol. The fourth-order valence-electron chi connectivity index (χ4n) is 2.15. The number of phenolic OH excluding ortho intramolecular Hbond substituents is 2. The summed E-state index contributed by atoms with van der Waals surface area (Å²) in [6.45, 7) is 3.97. The first kappa shape index (κ1) is 16.4. The van der Waals surface area contributed by atoms with Crippen molar-refractivity contribution in [3.63, 3.8) is 0 Å². The predicted molar refractivity (Wildman–Crippen MR) is 79.0 cm³/mol. The van der Waals surface area contributed by atoms with Gasteiger partial charge in [0, 0.05) is 16.5 Å². The zero-order valence-corrected chi connectivity index (χ0v) is 11.8. The van der Waals surface area contributed by atoms with Crippen LogP contribution in [-0.4, -0.2) is 26.6 Å². The monoisotopic (exact) mass is 290 g/mol. The molecule has 0 unspecified atom stereocenters. The van der Waals surface area contributed by atoms with Gasteiger partial charge in [-0.2, -0.15) is 0 Å². The molecule has 0 saturated carbocycles. The van der Waals surface area contributed by atoms with Gasteiger partial charge in [-0.25, -0.2) is 4.79 Å². The quantitative estimate of drug-likeness (QED) is 0.677. The Morgan fingerprint density at radius 3 is 1.38 bits per heavy atom. The molecule has 2 aromatic rings. The average molecular weight is 290 g/mol. The van der Waals surface area contributed by atoms with E-state index in [0.717, 1.165) is 11.1 Å². The van der Waals surface area contributed by atoms with Crippen LogP contribution >= 0.6 is 0 Å². The van der Waals surface area contributed by atoms with Crippen LogP contribution in [0.4, 0.5) is 4.79 Å². The van der Waals surface area contributed by atoms with Crippen molar-refractivity contribution in [3.05, 3.63) is 59.7 Å². The Bertz CT molecular complexity index is 568. The number of aromatic hydroxyl groups is 2. The first-order chi connectivity index (χ1) is 9.76. The lowest BCUT2D eigenvalue weighted by molar-refractivity contribution is 0.137. The molecule has 4 N–H and O–H groups in total. The molecule has 0 atom stereocenters. The molecule has 0 amide bonds. The minimum atomic E-state index is -1.83. The van der Waals surface area contributed by atoms with Crippen molar-refractivity contribution in [2.45, 2.75) is 19.3 Å². The zero-order chi connectivity index (χ0) is 16.0. The standard InChI is InChI=1S/C15H16O2.CH2O3/c1-15(2,11-7-3-5-9-13(11)16)12-8-4-6-10-14(12)17;2-1(3)4/h3-10,16-17H,1-2H3;(H2,2,3,4). The van der Waals surface area contributed by atoms with Crippen molar-refractivity contribution in [2.75, 3.05) is 0 Å². The molecule has 0 aromatic heterocycles. The summed E-state index contributed by atoms with van der Waals surface area (Å²) in [4.78, 5) is 8.56. The van der Waals surface area contributed by atoms with E-state index in [0.29, 0.717) is 0 Å². The Labute approximate surface area is 122 Å². The number of phenols is 2. The summed E-state index contributed by atoms with van der Waals surface area (Å²) in [5, 5.41) is 33.8. The second-order valence-electron chi connectivity index (χ2n) is 4.94. The van der Waals surface area contributed by atoms with Gasteiger partial charge in [0.05, 0.1) is 0 Å². The van der Waals surface area contributed by atoms with Crippen molar-refractivity contribution in [2.24, 2.45) is 0 Å². The van der Waals surface area contributed by atoms with Crippen LogP contribution < -0.4 is 0 Å². The summed E-state index contributed by atoms with van der Waals surface area (Å²) < 4.78 is 0. The van der Waals surface area contributed by atoms with Crippen molar-refractivity contribution in [1.82, 2.24) is 0 Å². The van der Waals surface area contributed by atoms with Crippen LogP contribution in [0.15, 0.2) is 48.5 Å². The van der Waals surface area contributed by atoms with Gasteiger partial charge >= 0.3 is 6.16 Å². The molecule has 0 aliphatic heterocycles. The van der Waals surface area contributed by atoms with Gasteiger partial charge in [0.25, 0.3) is 0 Å². The first-order valence-electron chi connectivity index (χ1n) is 6.25. The summed E-state index contributed by atoms with van der Waals surface area (Å²) in [5.41, 5.74) is 1.18. The molecule has 2 aromatic carbocycles. The van der Waals surface area contributed by atoms with Crippen molar-refractivity contribution >= 4 is 6.16 Å². The summed E-state index contributed by atoms with van der Waals surface area (Å²) in [5.74, 6) is 0.501. The summed E-state index contributed by atoms with van der Waals surface area (Å²) in [7, 11) is 0. The largest absolute Gasteiger partial charge is 0.508 e. The maximum Gasteiger partial charge on any atom is 0.503 e. The van der Waals surface area contributed by atoms with Gasteiger partial charge < -0.3 is 20.4 Å². The van der Waals surface area contributed by atoms with Gasteiger partial charge in [0.1, 0.15) is 11.5 Å². The fourth-order valence-corrected chi connectivity index (χ4v) is 2.15. The van der Waals surface area contributed by atoms with Crippen molar-refractivity contribution < 1.29 is 25.2 Å². The van der Waals surface area contributed by atoms with Gasteiger partial charge in [0.2, 0.25) is 0 Å². The molecule has 0 radical (unpaired) electrons. The molecule has 0 aliphatic carbocycles. The highest BCUT2D eigenvalue weighted by Gasteiger charge is 2.28. The maximum atomic E-state index is 9.92. The highest BCUT2D eigenvalue weighted by Crippen LogP contribution is 2.39. The molecule has 5 heteroatoms. The summed E-state index contributed by atoms with van der Waals surface area (Å²) in [6, 6.07) is 14.4. The SMILES string of the molecule is CC(C)(c1ccccc1O)c1ccccc1O.O=C(O)O. The minimum absolute atomic E-state index is 0.251. The number of para-hydroxylation sites is 2. The van der Waals surface area contributed by atoms with Crippen LogP contribution in [0, 0.1) is 0 Å². The Hall–Kier alpha value is -2.69. The van der Waals surface area contributed by atoms with Crippen LogP contribution in [0.3, 0.4) is 0 Å². The molecule has 0 heterocycles. The third-order valence-corrected chi connectivity index (χ3v) is 3.15. The van der Waals surface area contributed by atoms with Crippen molar-refractivity contribution in [1.29, 1.82) is 0 Å². The Kier molecular flexibility index (Phi) is 5.18. The third kappa shape index (κ3) is 4.14. The summed E-state index contributed by atoms with van der Waals surface area (Å²) in [6.07, 6.45) is -1.83. The molecule has 0 saturated heterocycles. The van der Waals surface area contributed by atoms with E-state index in [9.17, 15) is 10.2 Å². The van der Waals surface area contributed by atoms with Crippen LogP contribution in [-0.2, 0) is 5.41 Å². The summed E-state index contributed by atoms with van der Waals surface area (Å²) >= 11 is 0. The molecule has 0 spiro atoms. The van der Waals surface area contributed by atoms with Crippen LogP contribution in [0.25, 0.3) is 0 Å². The highest BCUT2D eigenvalue weighted by atomic mass is 16.6. The minimum Gasteiger partial charge on any atom is -0.508 e. The number of hydrogen-bond acceptors (Lipinski definition) is 3. The second kappa shape index (κ2) is 6.65. The molecule has 21 heavy (non-hydrogen) atoms. The van der Waals surface area contributed by atoms with Gasteiger partial charge in [-0.1, -0.05) is 50.2 Å².